The van der Waals surface area contributed by atoms with E-state index < -0.39 is 17.4 Å². The number of aliphatic hydroxyl groups is 1. The van der Waals surface area contributed by atoms with E-state index in [1.165, 1.54) is 0 Å². The third kappa shape index (κ3) is 6.61. The summed E-state index contributed by atoms with van der Waals surface area (Å²) in [6.07, 6.45) is -1.07. The second kappa shape index (κ2) is 5.80. The van der Waals surface area contributed by atoms with Gasteiger partial charge in [-0.15, -0.1) is 0 Å². The van der Waals surface area contributed by atoms with Crippen LogP contribution < -0.4 is 5.32 Å². The van der Waals surface area contributed by atoms with Crippen LogP contribution in [0.25, 0.3) is 0 Å². The van der Waals surface area contributed by atoms with Crippen molar-refractivity contribution >= 4 is 5.91 Å². The topological polar surface area (TPSA) is 61.8 Å². The number of hydrogen-bond donors (Lipinski definition) is 2. The van der Waals surface area contributed by atoms with Crippen molar-refractivity contribution in [1.82, 2.24) is 10.2 Å². The molecule has 5 nitrogen and oxygen atoms in total. The first-order valence-corrected chi connectivity index (χ1v) is 5.77. The van der Waals surface area contributed by atoms with E-state index in [0.717, 1.165) is 0 Å². The molecule has 0 fully saturated rings. The molecule has 0 saturated heterocycles. The van der Waals surface area contributed by atoms with E-state index in [2.05, 4.69) is 5.32 Å². The van der Waals surface area contributed by atoms with Crippen LogP contribution in [-0.2, 0) is 9.53 Å². The van der Waals surface area contributed by atoms with Gasteiger partial charge in [0.25, 0.3) is 0 Å². The van der Waals surface area contributed by atoms with E-state index in [0.29, 0.717) is 6.54 Å². The molecule has 0 spiro atoms. The molecule has 0 heterocycles. The maximum atomic E-state index is 11.8. The smallest absolute Gasteiger partial charge is 0.228 e. The lowest BCUT2D eigenvalue weighted by Gasteiger charge is -2.30. The lowest BCUT2D eigenvalue weighted by molar-refractivity contribution is -0.184. The number of aliphatic hydroxyl groups excluding tert-OH is 1. The highest BCUT2D eigenvalue weighted by molar-refractivity contribution is 5.81. The van der Waals surface area contributed by atoms with E-state index >= 15 is 0 Å². The molecule has 5 heteroatoms. The lowest BCUT2D eigenvalue weighted by Crippen LogP contribution is -2.47. The van der Waals surface area contributed by atoms with Crippen molar-refractivity contribution in [1.29, 1.82) is 0 Å². The Labute approximate surface area is 104 Å². The summed E-state index contributed by atoms with van der Waals surface area (Å²) in [5.41, 5.74) is -1.01. The maximum Gasteiger partial charge on any atom is 0.228 e. The zero-order chi connectivity index (χ0) is 13.9. The van der Waals surface area contributed by atoms with Crippen LogP contribution in [0.3, 0.4) is 0 Å². The third-order valence-corrected chi connectivity index (χ3v) is 2.17. The molecule has 0 rings (SSSR count). The van der Waals surface area contributed by atoms with Gasteiger partial charge in [-0.3, -0.25) is 10.1 Å². The summed E-state index contributed by atoms with van der Waals surface area (Å²) < 4.78 is 5.29. The van der Waals surface area contributed by atoms with Crippen LogP contribution >= 0.6 is 0 Å². The van der Waals surface area contributed by atoms with Gasteiger partial charge < -0.3 is 14.7 Å². The SMILES string of the molecule is CN(C)C(=O)C(C)(C)CNC(O)OC(C)(C)C. The molecule has 0 aliphatic carbocycles. The monoisotopic (exact) mass is 246 g/mol. The standard InChI is InChI=1S/C12H26N2O3/c1-11(2,3)17-10(16)13-8-12(4,5)9(15)14(6)7/h10,13,16H,8H2,1-7H3. The van der Waals surface area contributed by atoms with Gasteiger partial charge in [-0.25, -0.2) is 0 Å². The molecule has 102 valence electrons. The van der Waals surface area contributed by atoms with Crippen molar-refractivity contribution in [3.8, 4) is 0 Å². The highest BCUT2D eigenvalue weighted by atomic mass is 16.6. The lowest BCUT2D eigenvalue weighted by atomic mass is 9.92. The maximum absolute atomic E-state index is 11.8. The molecule has 1 atom stereocenters. The van der Waals surface area contributed by atoms with Crippen LogP contribution in [0.1, 0.15) is 34.6 Å². The molecule has 1 amide bonds. The van der Waals surface area contributed by atoms with E-state index in [1.54, 1.807) is 19.0 Å². The van der Waals surface area contributed by atoms with E-state index in [1.807, 2.05) is 34.6 Å². The summed E-state index contributed by atoms with van der Waals surface area (Å²) in [6, 6.07) is 0. The molecule has 0 bridgehead atoms. The predicted molar refractivity (Wildman–Crippen MR) is 67.3 cm³/mol. The number of amides is 1. The van der Waals surface area contributed by atoms with Crippen LogP contribution in [-0.4, -0.2) is 48.6 Å². The summed E-state index contributed by atoms with van der Waals surface area (Å²) in [5, 5.41) is 12.4. The number of ether oxygens (including phenoxy) is 1. The molecule has 2 N–H and O–H groups in total. The van der Waals surface area contributed by atoms with Crippen molar-refractivity contribution in [3.63, 3.8) is 0 Å². The molecule has 0 aromatic rings. The molecule has 0 aliphatic heterocycles. The van der Waals surface area contributed by atoms with Crippen molar-refractivity contribution in [2.45, 2.75) is 46.6 Å². The van der Waals surface area contributed by atoms with E-state index in [4.69, 9.17) is 4.74 Å². The molecular weight excluding hydrogens is 220 g/mol. The first kappa shape index (κ1) is 16.4. The van der Waals surface area contributed by atoms with Crippen molar-refractivity contribution < 1.29 is 14.6 Å². The molecular formula is C12H26N2O3. The number of nitrogens with zero attached hydrogens (tertiary/aromatic N) is 1. The quantitative estimate of drug-likeness (QED) is 0.704. The van der Waals surface area contributed by atoms with E-state index in [9.17, 15) is 9.90 Å². The minimum Gasteiger partial charge on any atom is -0.356 e. The molecule has 0 aromatic heterocycles. The van der Waals surface area contributed by atoms with Gasteiger partial charge in [0.1, 0.15) is 0 Å². The Morgan fingerprint density at radius 2 is 1.76 bits per heavy atom. The van der Waals surface area contributed by atoms with Crippen LogP contribution in [0.5, 0.6) is 0 Å². The first-order valence-electron chi connectivity index (χ1n) is 5.77. The molecule has 0 aromatic carbocycles. The van der Waals surface area contributed by atoms with E-state index in [-0.39, 0.29) is 5.91 Å². The number of carbonyl (C=O) groups excluding carboxylic acids is 1. The zero-order valence-corrected chi connectivity index (χ0v) is 12.0. The van der Waals surface area contributed by atoms with Crippen LogP contribution in [0.4, 0.5) is 0 Å². The number of hydrogen-bond acceptors (Lipinski definition) is 4. The summed E-state index contributed by atoms with van der Waals surface area (Å²) in [5.74, 6) is 0.00737. The summed E-state index contributed by atoms with van der Waals surface area (Å²) in [4.78, 5) is 13.4. The highest BCUT2D eigenvalue weighted by Gasteiger charge is 2.30. The van der Waals surface area contributed by atoms with Gasteiger partial charge in [-0.1, -0.05) is 0 Å². The number of carbonyl (C=O) groups is 1. The normalized spacial score (nSPS) is 14.6. The van der Waals surface area contributed by atoms with Gasteiger partial charge in [0.2, 0.25) is 12.3 Å². The molecule has 0 aliphatic rings. The van der Waals surface area contributed by atoms with Gasteiger partial charge >= 0.3 is 0 Å². The van der Waals surface area contributed by atoms with Gasteiger partial charge in [0.15, 0.2) is 0 Å². The van der Waals surface area contributed by atoms with Gasteiger partial charge in [0, 0.05) is 20.6 Å². The average Bonchev–Trinajstić information content (AvgIpc) is 2.11. The Morgan fingerprint density at radius 1 is 1.29 bits per heavy atom. The fourth-order valence-corrected chi connectivity index (χ4v) is 1.40. The Balaban J connectivity index is 4.23. The van der Waals surface area contributed by atoms with Crippen molar-refractivity contribution in [3.05, 3.63) is 0 Å². The van der Waals surface area contributed by atoms with Gasteiger partial charge in [0.05, 0.1) is 11.0 Å². The van der Waals surface area contributed by atoms with Crippen LogP contribution in [0, 0.1) is 5.41 Å². The van der Waals surface area contributed by atoms with Crippen LogP contribution in [0.15, 0.2) is 0 Å². The molecule has 0 radical (unpaired) electrons. The Hall–Kier alpha value is -0.650. The Bertz CT molecular complexity index is 257. The third-order valence-electron chi connectivity index (χ3n) is 2.17. The second-order valence-electron chi connectivity index (χ2n) is 6.05. The second-order valence-corrected chi connectivity index (χ2v) is 6.05. The Kier molecular flexibility index (Phi) is 5.58. The van der Waals surface area contributed by atoms with Gasteiger partial charge in [-0.2, -0.15) is 0 Å². The first-order chi connectivity index (χ1) is 7.46. The highest BCUT2D eigenvalue weighted by Crippen LogP contribution is 2.17. The fraction of sp³-hybridized carbons (Fsp3) is 0.917. The fourth-order valence-electron chi connectivity index (χ4n) is 1.40. The Morgan fingerprint density at radius 3 is 2.12 bits per heavy atom. The summed E-state index contributed by atoms with van der Waals surface area (Å²) >= 11 is 0. The molecule has 17 heavy (non-hydrogen) atoms. The largest absolute Gasteiger partial charge is 0.356 e. The average molecular weight is 246 g/mol. The minimum absolute atomic E-state index is 0.00737. The van der Waals surface area contributed by atoms with Crippen molar-refractivity contribution in [2.24, 2.45) is 5.41 Å². The van der Waals surface area contributed by atoms with Crippen LogP contribution in [0.2, 0.25) is 0 Å². The summed E-state index contributed by atoms with van der Waals surface area (Å²) in [6.45, 7) is 9.57. The summed E-state index contributed by atoms with van der Waals surface area (Å²) in [7, 11) is 3.43. The number of nitrogens with one attached hydrogen (secondary N) is 1. The zero-order valence-electron chi connectivity index (χ0n) is 12.0. The minimum atomic E-state index is -1.07. The molecule has 0 saturated carbocycles. The predicted octanol–water partition coefficient (Wildman–Crippen LogP) is 0.781. The number of rotatable bonds is 5. The van der Waals surface area contributed by atoms with Gasteiger partial charge in [-0.05, 0) is 34.6 Å². The van der Waals surface area contributed by atoms with Crippen molar-refractivity contribution in [2.75, 3.05) is 20.6 Å². The molecule has 1 unspecified atom stereocenters.